The Morgan fingerprint density at radius 1 is 0.951 bits per heavy atom. The predicted molar refractivity (Wildman–Crippen MR) is 147 cm³/mol. The number of amides is 1. The molecule has 41 heavy (non-hydrogen) atoms. The second kappa shape index (κ2) is 13.9. The second-order valence-corrected chi connectivity index (χ2v) is 10.6. The van der Waals surface area contributed by atoms with Crippen molar-refractivity contribution >= 4 is 30.7 Å². The zero-order chi connectivity index (χ0) is 28.5. The van der Waals surface area contributed by atoms with Gasteiger partial charge in [0.05, 0.1) is 11.1 Å². The average Bonchev–Trinajstić information content (AvgIpc) is 2.87. The van der Waals surface area contributed by atoms with Crippen molar-refractivity contribution in [1.82, 2.24) is 15.1 Å². The maximum Gasteiger partial charge on any atom is 0.416 e. The molecule has 2 unspecified atom stereocenters. The van der Waals surface area contributed by atoms with Crippen LogP contribution in [0.5, 0.6) is 0 Å². The van der Waals surface area contributed by atoms with Gasteiger partial charge in [0.15, 0.2) is 0 Å². The minimum absolute atomic E-state index is 0. The van der Waals surface area contributed by atoms with E-state index in [0.29, 0.717) is 43.2 Å². The Hall–Kier alpha value is -2.08. The summed E-state index contributed by atoms with van der Waals surface area (Å²) >= 11 is 0. The van der Waals surface area contributed by atoms with Crippen LogP contribution in [0.3, 0.4) is 0 Å². The van der Waals surface area contributed by atoms with Gasteiger partial charge < -0.3 is 10.2 Å². The van der Waals surface area contributed by atoms with Crippen LogP contribution in [0.1, 0.15) is 53.0 Å². The average molecular weight is 632 g/mol. The molecule has 0 saturated carbocycles. The van der Waals surface area contributed by atoms with Gasteiger partial charge in [0, 0.05) is 38.0 Å². The molecule has 2 saturated heterocycles. The van der Waals surface area contributed by atoms with E-state index in [1.807, 2.05) is 0 Å². The summed E-state index contributed by atoms with van der Waals surface area (Å²) in [5.41, 5.74) is -1.57. The monoisotopic (exact) mass is 631 g/mol. The van der Waals surface area contributed by atoms with Gasteiger partial charge in [0.25, 0.3) is 0 Å². The quantitative estimate of drug-likeness (QED) is 0.368. The molecule has 230 valence electrons. The molecule has 2 fully saturated rings. The van der Waals surface area contributed by atoms with Crippen LogP contribution >= 0.6 is 24.8 Å². The van der Waals surface area contributed by atoms with Crippen molar-refractivity contribution in [3.63, 3.8) is 0 Å². The molecule has 13 heteroatoms. The summed E-state index contributed by atoms with van der Waals surface area (Å²) in [4.78, 5) is 17.2. The van der Waals surface area contributed by atoms with E-state index in [1.165, 1.54) is 24.1 Å². The molecule has 0 aromatic heterocycles. The lowest BCUT2D eigenvalue weighted by Gasteiger charge is -2.44. The van der Waals surface area contributed by atoms with Crippen molar-refractivity contribution in [1.29, 1.82) is 0 Å². The lowest BCUT2D eigenvalue weighted by molar-refractivity contribution is -0.143. The Balaban J connectivity index is 0.00000294. The van der Waals surface area contributed by atoms with Gasteiger partial charge in [-0.25, -0.2) is 4.39 Å². The zero-order valence-corrected chi connectivity index (χ0v) is 24.3. The minimum atomic E-state index is -4.97. The Morgan fingerprint density at radius 3 is 2.07 bits per heavy atom. The highest BCUT2D eigenvalue weighted by Crippen LogP contribution is 2.39. The van der Waals surface area contributed by atoms with Crippen LogP contribution in [0.15, 0.2) is 36.4 Å². The summed E-state index contributed by atoms with van der Waals surface area (Å²) in [5, 5.41) is 3.33. The molecule has 2 aliphatic heterocycles. The molecule has 4 rings (SSSR count). The predicted octanol–water partition coefficient (Wildman–Crippen LogP) is 6.83. The van der Waals surface area contributed by atoms with Crippen LogP contribution in [0.4, 0.5) is 30.7 Å². The Kier molecular flexibility index (Phi) is 11.9. The summed E-state index contributed by atoms with van der Waals surface area (Å²) in [5.74, 6) is -1.60. The molecule has 2 atom stereocenters. The fourth-order valence-electron chi connectivity index (χ4n) is 5.89. The first kappa shape index (κ1) is 35.1. The van der Waals surface area contributed by atoms with Crippen LogP contribution in [0.2, 0.25) is 0 Å². The van der Waals surface area contributed by atoms with Gasteiger partial charge in [0.2, 0.25) is 5.91 Å². The topological polar surface area (TPSA) is 35.6 Å². The smallest absolute Gasteiger partial charge is 0.341 e. The molecule has 0 bridgehead atoms. The number of piperidine rings is 2. The number of rotatable bonds is 5. The third kappa shape index (κ3) is 8.49. The second-order valence-electron chi connectivity index (χ2n) is 10.6. The van der Waals surface area contributed by atoms with E-state index in [2.05, 4.69) is 10.2 Å². The number of nitrogens with one attached hydrogen (secondary N) is 1. The van der Waals surface area contributed by atoms with Gasteiger partial charge in [-0.1, -0.05) is 6.07 Å². The number of nitrogens with zero attached hydrogens (tertiary/aromatic N) is 2. The largest absolute Gasteiger partial charge is 0.416 e. The SMILES string of the molecule is Cc1cc(F)ccc1C1CN(C2CCNCC2)CCC1C(=O)N(C)Cc1cc(C(F)(F)F)cc(C(F)(F)F)c1.Cl.Cl. The Labute approximate surface area is 247 Å². The first-order valence-corrected chi connectivity index (χ1v) is 13.0. The first-order valence-electron chi connectivity index (χ1n) is 13.0. The van der Waals surface area contributed by atoms with E-state index in [-0.39, 0.29) is 48.3 Å². The van der Waals surface area contributed by atoms with Gasteiger partial charge in [-0.2, -0.15) is 26.3 Å². The van der Waals surface area contributed by atoms with Crippen LogP contribution < -0.4 is 5.32 Å². The van der Waals surface area contributed by atoms with Crippen molar-refractivity contribution in [2.24, 2.45) is 5.92 Å². The number of carbonyl (C=O) groups excluding carboxylic acids is 1. The maximum absolute atomic E-state index is 13.9. The molecule has 4 nitrogen and oxygen atoms in total. The summed E-state index contributed by atoms with van der Waals surface area (Å²) in [6, 6.07) is 6.15. The molecule has 2 aromatic rings. The Bertz CT molecular complexity index is 1150. The molecule has 1 amide bonds. The molecule has 2 aromatic carbocycles. The van der Waals surface area contributed by atoms with E-state index in [4.69, 9.17) is 0 Å². The summed E-state index contributed by atoms with van der Waals surface area (Å²) in [7, 11) is 1.39. The van der Waals surface area contributed by atoms with Gasteiger partial charge in [-0.15, -0.1) is 24.8 Å². The lowest BCUT2D eigenvalue weighted by atomic mass is 9.77. The first-order chi connectivity index (χ1) is 18.2. The number of benzene rings is 2. The fourth-order valence-corrected chi connectivity index (χ4v) is 5.89. The number of hydrogen-bond acceptors (Lipinski definition) is 3. The third-order valence-electron chi connectivity index (χ3n) is 7.86. The van der Waals surface area contributed by atoms with Gasteiger partial charge >= 0.3 is 12.4 Å². The summed E-state index contributed by atoms with van der Waals surface area (Å²) in [6.45, 7) is 4.35. The van der Waals surface area contributed by atoms with Crippen LogP contribution in [-0.2, 0) is 23.7 Å². The van der Waals surface area contributed by atoms with Gasteiger partial charge in [-0.3, -0.25) is 9.69 Å². The standard InChI is InChI=1S/C28H32F7N3O.2ClH/c1-17-11-21(29)3-4-23(17)25-16-38(22-5-8-36-9-6-22)10-7-24(25)26(39)37(2)15-18-12-19(27(30,31)32)14-20(13-18)28(33,34)35;;/h3-4,11-14,22,24-25,36H,5-10,15-16H2,1-2H3;2*1H. The van der Waals surface area contributed by atoms with Crippen molar-refractivity contribution in [3.05, 3.63) is 70.0 Å². The van der Waals surface area contributed by atoms with Crippen molar-refractivity contribution in [3.8, 4) is 0 Å². The lowest BCUT2D eigenvalue weighted by Crippen LogP contribution is -2.51. The van der Waals surface area contributed by atoms with Crippen LogP contribution in [0, 0.1) is 18.7 Å². The number of hydrogen-bond donors (Lipinski definition) is 1. The van der Waals surface area contributed by atoms with E-state index in [0.717, 1.165) is 31.5 Å². The van der Waals surface area contributed by atoms with Crippen molar-refractivity contribution < 1.29 is 35.5 Å². The third-order valence-corrected chi connectivity index (χ3v) is 7.86. The van der Waals surface area contributed by atoms with Crippen LogP contribution in [0.25, 0.3) is 0 Å². The maximum atomic E-state index is 13.9. The van der Waals surface area contributed by atoms with E-state index < -0.39 is 41.8 Å². The van der Waals surface area contributed by atoms with E-state index in [9.17, 15) is 35.5 Å². The molecular weight excluding hydrogens is 598 g/mol. The number of carbonyl (C=O) groups is 1. The van der Waals surface area contributed by atoms with Crippen molar-refractivity contribution in [2.45, 2.75) is 57.0 Å². The zero-order valence-electron chi connectivity index (χ0n) is 22.6. The van der Waals surface area contributed by atoms with Crippen LogP contribution in [-0.4, -0.2) is 55.0 Å². The number of likely N-dealkylation sites (tertiary alicyclic amines) is 1. The molecular formula is C28H34Cl2F7N3O. The highest BCUT2D eigenvalue weighted by molar-refractivity contribution is 5.85. The normalized spacial score (nSPS) is 20.6. The molecule has 2 aliphatic rings. The Morgan fingerprint density at radius 2 is 1.54 bits per heavy atom. The van der Waals surface area contributed by atoms with Gasteiger partial charge in [-0.05, 0) is 92.8 Å². The summed E-state index contributed by atoms with van der Waals surface area (Å²) < 4.78 is 93.9. The van der Waals surface area contributed by atoms with Crippen molar-refractivity contribution in [2.75, 3.05) is 33.2 Å². The number of aryl methyl sites for hydroxylation is 1. The highest BCUT2D eigenvalue weighted by Gasteiger charge is 2.40. The molecule has 1 N–H and O–H groups in total. The molecule has 0 spiro atoms. The van der Waals surface area contributed by atoms with E-state index >= 15 is 0 Å². The molecule has 2 heterocycles. The molecule has 0 aliphatic carbocycles. The van der Waals surface area contributed by atoms with E-state index in [1.54, 1.807) is 13.0 Å². The highest BCUT2D eigenvalue weighted by atomic mass is 35.5. The molecule has 0 radical (unpaired) electrons. The number of halogens is 9. The fraction of sp³-hybridized carbons (Fsp3) is 0.536. The van der Waals surface area contributed by atoms with Gasteiger partial charge in [0.1, 0.15) is 5.82 Å². The number of alkyl halides is 6. The minimum Gasteiger partial charge on any atom is -0.341 e. The summed E-state index contributed by atoms with van der Waals surface area (Å²) in [6.07, 6.45) is -7.53.